The van der Waals surface area contributed by atoms with E-state index in [1.165, 1.54) is 13.4 Å². The van der Waals surface area contributed by atoms with Gasteiger partial charge in [-0.1, -0.05) is 30.3 Å². The van der Waals surface area contributed by atoms with E-state index in [1.807, 2.05) is 30.3 Å². The summed E-state index contributed by atoms with van der Waals surface area (Å²) in [5.74, 6) is 0.622. The Morgan fingerprint density at radius 3 is 2.87 bits per heavy atom. The Balaban J connectivity index is 1.80. The topological polar surface area (TPSA) is 76.9 Å². The summed E-state index contributed by atoms with van der Waals surface area (Å²) in [6, 6.07) is 9.79. The number of carbonyl (C=O) groups is 1. The molecule has 1 aliphatic rings. The largest absolute Gasteiger partial charge is 0.471 e. The molecule has 0 bridgehead atoms. The summed E-state index contributed by atoms with van der Waals surface area (Å²) in [5.41, 5.74) is 1.56. The van der Waals surface area contributed by atoms with E-state index in [2.05, 4.69) is 15.0 Å². The lowest BCUT2D eigenvalue weighted by molar-refractivity contribution is -0.138. The van der Waals surface area contributed by atoms with Crippen molar-refractivity contribution in [2.45, 2.75) is 6.61 Å². The average molecular weight is 312 g/mol. The molecule has 118 valence electrons. The van der Waals surface area contributed by atoms with Gasteiger partial charge < -0.3 is 14.4 Å². The van der Waals surface area contributed by atoms with Gasteiger partial charge in [0.15, 0.2) is 11.5 Å². The van der Waals surface area contributed by atoms with Crippen LogP contribution in [0.25, 0.3) is 0 Å². The number of benzene rings is 1. The SMILES string of the molecule is COC(=O)CN1CC=Nc2c(OCc3ccccc3)ncnc21. The first kappa shape index (κ1) is 15.0. The molecule has 1 aliphatic heterocycles. The second-order valence-electron chi connectivity index (χ2n) is 4.89. The van der Waals surface area contributed by atoms with Gasteiger partial charge in [0, 0.05) is 6.21 Å². The molecule has 23 heavy (non-hydrogen) atoms. The third-order valence-electron chi connectivity index (χ3n) is 3.36. The number of nitrogens with zero attached hydrogens (tertiary/aromatic N) is 4. The zero-order valence-corrected chi connectivity index (χ0v) is 12.7. The Bertz CT molecular complexity index is 719. The third-order valence-corrected chi connectivity index (χ3v) is 3.36. The van der Waals surface area contributed by atoms with Crippen LogP contribution >= 0.6 is 0 Å². The van der Waals surface area contributed by atoms with E-state index in [1.54, 1.807) is 11.1 Å². The predicted molar refractivity (Wildman–Crippen MR) is 85.2 cm³/mol. The van der Waals surface area contributed by atoms with Crippen molar-refractivity contribution >= 4 is 23.7 Å². The van der Waals surface area contributed by atoms with Crippen molar-refractivity contribution in [2.75, 3.05) is 25.1 Å². The van der Waals surface area contributed by atoms with Crippen molar-refractivity contribution in [2.24, 2.45) is 4.99 Å². The fraction of sp³-hybridized carbons (Fsp3) is 0.250. The van der Waals surface area contributed by atoms with Gasteiger partial charge in [0.2, 0.25) is 5.88 Å². The molecular formula is C16H16N4O3. The summed E-state index contributed by atoms with van der Waals surface area (Å²) < 4.78 is 10.5. The van der Waals surface area contributed by atoms with E-state index < -0.39 is 0 Å². The molecule has 7 nitrogen and oxygen atoms in total. The predicted octanol–water partition coefficient (Wildman–Crippen LogP) is 1.75. The monoisotopic (exact) mass is 312 g/mol. The second kappa shape index (κ2) is 6.87. The maximum Gasteiger partial charge on any atom is 0.325 e. The summed E-state index contributed by atoms with van der Waals surface area (Å²) in [5, 5.41) is 0. The van der Waals surface area contributed by atoms with Crippen molar-refractivity contribution in [3.05, 3.63) is 42.2 Å². The molecule has 2 aromatic rings. The van der Waals surface area contributed by atoms with Gasteiger partial charge in [0.05, 0.1) is 13.7 Å². The fourth-order valence-electron chi connectivity index (χ4n) is 2.21. The van der Waals surface area contributed by atoms with E-state index in [0.717, 1.165) is 5.56 Å². The number of ether oxygens (including phenoxy) is 2. The Morgan fingerprint density at radius 1 is 1.26 bits per heavy atom. The molecule has 0 radical (unpaired) electrons. The van der Waals surface area contributed by atoms with Gasteiger partial charge in [-0.3, -0.25) is 4.79 Å². The minimum atomic E-state index is -0.336. The van der Waals surface area contributed by atoms with E-state index in [4.69, 9.17) is 9.47 Å². The quantitative estimate of drug-likeness (QED) is 0.783. The molecule has 0 fully saturated rings. The molecule has 3 rings (SSSR count). The normalized spacial score (nSPS) is 12.7. The number of hydrogen-bond donors (Lipinski definition) is 0. The summed E-state index contributed by atoms with van der Waals surface area (Å²) >= 11 is 0. The Hall–Kier alpha value is -2.96. The van der Waals surface area contributed by atoms with Crippen LogP contribution in [0.1, 0.15) is 5.56 Å². The number of hydrogen-bond acceptors (Lipinski definition) is 7. The molecule has 0 amide bonds. The fourth-order valence-corrected chi connectivity index (χ4v) is 2.21. The number of methoxy groups -OCH3 is 1. The molecule has 0 N–H and O–H groups in total. The van der Waals surface area contributed by atoms with Gasteiger partial charge in [0.25, 0.3) is 0 Å². The lowest BCUT2D eigenvalue weighted by Crippen LogP contribution is -2.34. The first-order valence-corrected chi connectivity index (χ1v) is 7.14. The van der Waals surface area contributed by atoms with Crippen LogP contribution in [0.15, 0.2) is 41.7 Å². The maximum atomic E-state index is 11.5. The second-order valence-corrected chi connectivity index (χ2v) is 4.89. The summed E-state index contributed by atoms with van der Waals surface area (Å²) in [6.07, 6.45) is 3.11. The van der Waals surface area contributed by atoms with E-state index in [9.17, 15) is 4.79 Å². The molecule has 1 aromatic heterocycles. The molecule has 1 aromatic carbocycles. The lowest BCUT2D eigenvalue weighted by atomic mass is 10.2. The zero-order valence-electron chi connectivity index (χ0n) is 12.7. The molecule has 7 heteroatoms. The number of rotatable bonds is 5. The molecular weight excluding hydrogens is 296 g/mol. The number of fused-ring (bicyclic) bond motifs is 1. The molecule has 0 spiro atoms. The van der Waals surface area contributed by atoms with E-state index in [-0.39, 0.29) is 12.5 Å². The number of anilines is 1. The maximum absolute atomic E-state index is 11.5. The summed E-state index contributed by atoms with van der Waals surface area (Å²) in [7, 11) is 1.36. The highest BCUT2D eigenvalue weighted by molar-refractivity contribution is 5.85. The first-order valence-electron chi connectivity index (χ1n) is 7.14. The van der Waals surface area contributed by atoms with Crippen molar-refractivity contribution < 1.29 is 14.3 Å². The van der Waals surface area contributed by atoms with Crippen LogP contribution in [-0.4, -0.2) is 42.4 Å². The summed E-state index contributed by atoms with van der Waals surface area (Å²) in [6.45, 7) is 0.971. The number of carbonyl (C=O) groups excluding carboxylic acids is 1. The van der Waals surface area contributed by atoms with E-state index in [0.29, 0.717) is 30.5 Å². The Labute approximate surface area is 133 Å². The van der Waals surface area contributed by atoms with Gasteiger partial charge in [-0.15, -0.1) is 0 Å². The molecule has 0 atom stereocenters. The van der Waals surface area contributed by atoms with E-state index >= 15 is 0 Å². The number of aromatic nitrogens is 2. The van der Waals surface area contributed by atoms with Crippen LogP contribution in [0.5, 0.6) is 5.88 Å². The van der Waals surface area contributed by atoms with Crippen molar-refractivity contribution in [3.8, 4) is 5.88 Å². The minimum Gasteiger partial charge on any atom is -0.471 e. The summed E-state index contributed by atoms with van der Waals surface area (Å²) in [4.78, 5) is 26.0. The van der Waals surface area contributed by atoms with Crippen molar-refractivity contribution in [3.63, 3.8) is 0 Å². The standard InChI is InChI=1S/C16H16N4O3/c1-22-13(21)9-20-8-7-17-14-15(20)18-11-19-16(14)23-10-12-5-3-2-4-6-12/h2-7,11H,8-10H2,1H3. The first-order chi connectivity index (χ1) is 11.3. The van der Waals surface area contributed by atoms with Gasteiger partial charge >= 0.3 is 5.97 Å². The smallest absolute Gasteiger partial charge is 0.325 e. The van der Waals surface area contributed by atoms with Gasteiger partial charge in [-0.2, -0.15) is 4.98 Å². The number of aliphatic imine (C=N–C) groups is 1. The third kappa shape index (κ3) is 3.45. The Morgan fingerprint density at radius 2 is 2.09 bits per heavy atom. The van der Waals surface area contributed by atoms with Gasteiger partial charge in [-0.25, -0.2) is 9.98 Å². The average Bonchev–Trinajstić information content (AvgIpc) is 2.61. The lowest BCUT2D eigenvalue weighted by Gasteiger charge is -2.25. The molecule has 2 heterocycles. The van der Waals surface area contributed by atoms with Crippen molar-refractivity contribution in [1.29, 1.82) is 0 Å². The van der Waals surface area contributed by atoms with Crippen LogP contribution in [-0.2, 0) is 16.1 Å². The highest BCUT2D eigenvalue weighted by Crippen LogP contribution is 2.36. The molecule has 0 unspecified atom stereocenters. The van der Waals surface area contributed by atoms with Crippen LogP contribution in [0.2, 0.25) is 0 Å². The van der Waals surface area contributed by atoms with Crippen LogP contribution in [0, 0.1) is 0 Å². The van der Waals surface area contributed by atoms with Crippen LogP contribution in [0.4, 0.5) is 11.5 Å². The molecule has 0 saturated carbocycles. The highest BCUT2D eigenvalue weighted by atomic mass is 16.5. The molecule has 0 saturated heterocycles. The Kier molecular flexibility index (Phi) is 4.46. The zero-order chi connectivity index (χ0) is 16.1. The van der Waals surface area contributed by atoms with Gasteiger partial charge in [-0.05, 0) is 5.56 Å². The van der Waals surface area contributed by atoms with Crippen LogP contribution < -0.4 is 9.64 Å². The minimum absolute atomic E-state index is 0.102. The highest BCUT2D eigenvalue weighted by Gasteiger charge is 2.22. The number of esters is 1. The van der Waals surface area contributed by atoms with Gasteiger partial charge in [0.1, 0.15) is 19.5 Å². The van der Waals surface area contributed by atoms with Crippen molar-refractivity contribution in [1.82, 2.24) is 9.97 Å². The van der Waals surface area contributed by atoms with Crippen LogP contribution in [0.3, 0.4) is 0 Å². The molecule has 0 aliphatic carbocycles.